The highest BCUT2D eigenvalue weighted by molar-refractivity contribution is 7.12. The number of carbonyl (C=O) groups excluding carboxylic acids is 2. The molecule has 0 radical (unpaired) electrons. The molecule has 4 rings (SSSR count). The first-order valence-electron chi connectivity index (χ1n) is 9.02. The Balaban J connectivity index is 1.45. The van der Waals surface area contributed by atoms with Crippen LogP contribution in [0.5, 0.6) is 0 Å². The number of aromatic nitrogens is 2. The Kier molecular flexibility index (Phi) is 5.03. The van der Waals surface area contributed by atoms with E-state index in [9.17, 15) is 22.8 Å². The number of nitrogens with one attached hydrogen (secondary N) is 2. The third kappa shape index (κ3) is 4.76. The lowest BCUT2D eigenvalue weighted by Crippen LogP contribution is -2.27. The molecule has 0 saturated heterocycles. The lowest BCUT2D eigenvalue weighted by Gasteiger charge is -2.06. The summed E-state index contributed by atoms with van der Waals surface area (Å²) in [7, 11) is 0. The topological polar surface area (TPSA) is 75.5 Å². The van der Waals surface area contributed by atoms with Crippen molar-refractivity contribution in [1.29, 1.82) is 0 Å². The summed E-state index contributed by atoms with van der Waals surface area (Å²) >= 11 is 1.16. The number of amides is 2. The molecule has 0 bridgehead atoms. The molecule has 0 spiro atoms. The van der Waals surface area contributed by atoms with E-state index in [0.717, 1.165) is 35.3 Å². The van der Waals surface area contributed by atoms with Crippen molar-refractivity contribution < 1.29 is 22.8 Å². The minimum atomic E-state index is -4.30. The summed E-state index contributed by atoms with van der Waals surface area (Å²) in [6.45, 7) is -0.452. The molecule has 2 N–H and O–H groups in total. The minimum absolute atomic E-state index is 0.0207. The highest BCUT2D eigenvalue weighted by atomic mass is 32.1. The predicted molar refractivity (Wildman–Crippen MR) is 103 cm³/mol. The Morgan fingerprint density at radius 3 is 2.72 bits per heavy atom. The van der Waals surface area contributed by atoms with E-state index >= 15 is 0 Å². The van der Waals surface area contributed by atoms with Gasteiger partial charge in [-0.3, -0.25) is 9.59 Å². The van der Waals surface area contributed by atoms with Crippen molar-refractivity contribution >= 4 is 34.6 Å². The van der Waals surface area contributed by atoms with Crippen molar-refractivity contribution in [3.63, 3.8) is 0 Å². The minimum Gasteiger partial charge on any atom is -0.351 e. The van der Waals surface area contributed by atoms with Gasteiger partial charge in [-0.15, -0.1) is 11.3 Å². The molecule has 3 aromatic rings. The van der Waals surface area contributed by atoms with Crippen LogP contribution in [0, 0.1) is 5.92 Å². The average Bonchev–Trinajstić information content (AvgIpc) is 3.24. The monoisotopic (exact) mass is 422 g/mol. The zero-order chi connectivity index (χ0) is 20.6. The Hall–Kier alpha value is -2.88. The van der Waals surface area contributed by atoms with Crippen LogP contribution in [0.1, 0.15) is 28.9 Å². The van der Waals surface area contributed by atoms with Gasteiger partial charge in [-0.25, -0.2) is 4.98 Å². The molecule has 1 fully saturated rings. The number of rotatable bonds is 6. The van der Waals surface area contributed by atoms with Crippen LogP contribution in [-0.4, -0.2) is 33.9 Å². The van der Waals surface area contributed by atoms with Crippen molar-refractivity contribution in [3.8, 4) is 11.1 Å². The molecule has 152 valence electrons. The summed E-state index contributed by atoms with van der Waals surface area (Å²) in [5, 5.41) is 6.85. The van der Waals surface area contributed by atoms with Crippen LogP contribution in [0.3, 0.4) is 0 Å². The van der Waals surface area contributed by atoms with Gasteiger partial charge < -0.3 is 15.0 Å². The van der Waals surface area contributed by atoms with Gasteiger partial charge in [0.15, 0.2) is 5.82 Å². The van der Waals surface area contributed by atoms with Crippen molar-refractivity contribution in [1.82, 2.24) is 14.7 Å². The smallest absolute Gasteiger partial charge is 0.351 e. The third-order valence-electron chi connectivity index (χ3n) is 4.50. The van der Waals surface area contributed by atoms with Gasteiger partial charge in [0.1, 0.15) is 5.65 Å². The summed E-state index contributed by atoms with van der Waals surface area (Å²) < 4.78 is 38.4. The average molecular weight is 422 g/mol. The number of nitrogens with zero attached hydrogens (tertiary/aromatic N) is 2. The number of pyridine rings is 1. The second kappa shape index (κ2) is 7.51. The Morgan fingerprint density at radius 1 is 1.21 bits per heavy atom. The molecule has 1 aliphatic rings. The maximum absolute atomic E-state index is 12.2. The van der Waals surface area contributed by atoms with Crippen molar-refractivity contribution in [3.05, 3.63) is 40.8 Å². The largest absolute Gasteiger partial charge is 0.390 e. The van der Waals surface area contributed by atoms with E-state index in [-0.39, 0.29) is 11.8 Å². The molecule has 0 aromatic carbocycles. The zero-order valence-corrected chi connectivity index (χ0v) is 15.9. The Bertz CT molecular complexity index is 1070. The number of fused-ring (bicyclic) bond motifs is 1. The molecule has 0 atom stereocenters. The number of halogens is 3. The lowest BCUT2D eigenvalue weighted by atomic mass is 10.1. The molecule has 3 aromatic heterocycles. The van der Waals surface area contributed by atoms with Crippen LogP contribution in [0.4, 0.5) is 19.0 Å². The van der Waals surface area contributed by atoms with Crippen LogP contribution >= 0.6 is 11.3 Å². The van der Waals surface area contributed by atoms with Gasteiger partial charge in [0.05, 0.1) is 17.5 Å². The molecule has 0 aliphatic heterocycles. The number of alkyl halides is 3. The molecule has 2 amide bonds. The highest BCUT2D eigenvalue weighted by Gasteiger charge is 2.30. The quantitative estimate of drug-likeness (QED) is 0.628. The van der Waals surface area contributed by atoms with Gasteiger partial charge >= 0.3 is 6.18 Å². The third-order valence-corrected chi connectivity index (χ3v) is 5.43. The normalized spacial score (nSPS) is 14.2. The van der Waals surface area contributed by atoms with Gasteiger partial charge in [0, 0.05) is 18.7 Å². The number of carbonyl (C=O) groups is 2. The van der Waals surface area contributed by atoms with Gasteiger partial charge in [-0.1, -0.05) is 0 Å². The van der Waals surface area contributed by atoms with E-state index in [4.69, 9.17) is 0 Å². The molecule has 6 nitrogen and oxygen atoms in total. The Morgan fingerprint density at radius 2 is 2.00 bits per heavy atom. The first-order valence-corrected chi connectivity index (χ1v) is 9.90. The lowest BCUT2D eigenvalue weighted by molar-refractivity contribution is -0.133. The molecule has 1 saturated carbocycles. The van der Waals surface area contributed by atoms with Crippen LogP contribution in [-0.2, 0) is 4.79 Å². The molecule has 10 heteroatoms. The van der Waals surface area contributed by atoms with Gasteiger partial charge in [-0.05, 0) is 47.5 Å². The van der Waals surface area contributed by atoms with E-state index in [1.54, 1.807) is 28.1 Å². The fourth-order valence-corrected chi connectivity index (χ4v) is 3.64. The van der Waals surface area contributed by atoms with E-state index in [1.165, 1.54) is 0 Å². The van der Waals surface area contributed by atoms with Crippen LogP contribution in [0.2, 0.25) is 0 Å². The van der Waals surface area contributed by atoms with Crippen LogP contribution in [0.25, 0.3) is 16.8 Å². The molecule has 1 aliphatic carbocycles. The predicted octanol–water partition coefficient (Wildman–Crippen LogP) is 4.09. The van der Waals surface area contributed by atoms with Crippen LogP contribution in [0.15, 0.2) is 36.0 Å². The van der Waals surface area contributed by atoms with Crippen LogP contribution < -0.4 is 10.6 Å². The van der Waals surface area contributed by atoms with E-state index < -0.39 is 25.0 Å². The number of anilines is 1. The molecular weight excluding hydrogens is 405 g/mol. The fraction of sp³-hybridized carbons (Fsp3) is 0.316. The molecule has 3 heterocycles. The zero-order valence-electron chi connectivity index (χ0n) is 15.1. The van der Waals surface area contributed by atoms with Crippen molar-refractivity contribution in [2.75, 3.05) is 11.9 Å². The first kappa shape index (κ1) is 19.4. The number of hydrogen-bond acceptors (Lipinski definition) is 4. The Labute approximate surface area is 167 Å². The molecular formula is C19H17F3N4O2S. The second-order valence-electron chi connectivity index (χ2n) is 6.89. The fourth-order valence-electron chi connectivity index (χ4n) is 2.81. The van der Waals surface area contributed by atoms with Crippen molar-refractivity contribution in [2.24, 2.45) is 5.92 Å². The number of thiophene rings is 1. The summed E-state index contributed by atoms with van der Waals surface area (Å²) in [4.78, 5) is 28.6. The van der Waals surface area contributed by atoms with E-state index in [0.29, 0.717) is 16.3 Å². The maximum Gasteiger partial charge on any atom is 0.390 e. The first-order chi connectivity index (χ1) is 13.8. The number of imidazole rings is 1. The summed E-state index contributed by atoms with van der Waals surface area (Å²) in [6, 6.07) is 5.27. The number of hydrogen-bond donors (Lipinski definition) is 2. The SMILES string of the molecule is O=C(NCCC(F)(F)F)c1cc(-c2ccc3nc(NC(=O)C4CC4)cn3c2)cs1. The van der Waals surface area contributed by atoms with Gasteiger partial charge in [-0.2, -0.15) is 13.2 Å². The van der Waals surface area contributed by atoms with Gasteiger partial charge in [0.2, 0.25) is 5.91 Å². The van der Waals surface area contributed by atoms with E-state index in [2.05, 4.69) is 15.6 Å². The standard InChI is InChI=1S/C19H17F3N4O2S/c20-19(21,22)5-6-23-18(28)14-7-13(10-29-14)12-3-4-16-24-15(9-26(16)8-12)25-17(27)11-1-2-11/h3-4,7-11H,1-2,5-6H2,(H,23,28)(H,25,27). The maximum atomic E-state index is 12.2. The molecule has 29 heavy (non-hydrogen) atoms. The van der Waals surface area contributed by atoms with Gasteiger partial charge in [0.25, 0.3) is 5.91 Å². The molecule has 0 unspecified atom stereocenters. The second-order valence-corrected chi connectivity index (χ2v) is 7.80. The highest BCUT2D eigenvalue weighted by Crippen LogP contribution is 2.30. The van der Waals surface area contributed by atoms with E-state index in [1.807, 2.05) is 12.3 Å². The summed E-state index contributed by atoms with van der Waals surface area (Å²) in [6.07, 6.45) is -0.00103. The van der Waals surface area contributed by atoms with Crippen molar-refractivity contribution in [2.45, 2.75) is 25.4 Å². The summed E-state index contributed by atoms with van der Waals surface area (Å²) in [5.74, 6) is 0.0166. The summed E-state index contributed by atoms with van der Waals surface area (Å²) in [5.41, 5.74) is 2.26.